The summed E-state index contributed by atoms with van der Waals surface area (Å²) in [6.07, 6.45) is 10.5. The lowest BCUT2D eigenvalue weighted by Crippen LogP contribution is -2.62. The highest BCUT2D eigenvalue weighted by Gasteiger charge is 2.67. The van der Waals surface area contributed by atoms with Crippen molar-refractivity contribution in [3.05, 3.63) is 0 Å². The molecule has 0 aromatic rings. The van der Waals surface area contributed by atoms with Crippen LogP contribution in [0.3, 0.4) is 0 Å². The first-order chi connectivity index (χ1) is 10.3. The number of ether oxygens (including phenoxy) is 2. The lowest BCUT2D eigenvalue weighted by molar-refractivity contribution is -0.246. The van der Waals surface area contributed by atoms with Crippen molar-refractivity contribution in [2.24, 2.45) is 22.7 Å². The van der Waals surface area contributed by atoms with Gasteiger partial charge in [-0.15, -0.1) is 0 Å². The van der Waals surface area contributed by atoms with E-state index in [1.807, 2.05) is 0 Å². The molecule has 2 nitrogen and oxygen atoms in total. The Morgan fingerprint density at radius 2 is 1.73 bits per heavy atom. The van der Waals surface area contributed by atoms with Crippen LogP contribution in [0.15, 0.2) is 0 Å². The molecule has 22 heavy (non-hydrogen) atoms. The van der Waals surface area contributed by atoms with Gasteiger partial charge in [0.15, 0.2) is 0 Å². The van der Waals surface area contributed by atoms with E-state index < -0.39 is 0 Å². The second-order valence-electron chi connectivity index (χ2n) is 9.77. The van der Waals surface area contributed by atoms with E-state index in [1.165, 1.54) is 44.9 Å². The maximum absolute atomic E-state index is 7.09. The monoisotopic (exact) mass is 306 g/mol. The minimum atomic E-state index is 0.0563. The van der Waals surface area contributed by atoms with Gasteiger partial charge in [-0.1, -0.05) is 34.1 Å². The van der Waals surface area contributed by atoms with Crippen LogP contribution < -0.4 is 0 Å². The Balaban J connectivity index is 1.73. The Morgan fingerprint density at radius 1 is 0.909 bits per heavy atom. The molecule has 2 saturated carbocycles. The van der Waals surface area contributed by atoms with E-state index >= 15 is 0 Å². The van der Waals surface area contributed by atoms with Crippen LogP contribution in [0, 0.1) is 22.7 Å². The molecular formula is C20H34O2. The second kappa shape index (κ2) is 4.72. The first-order valence-corrected chi connectivity index (χ1v) is 9.62. The molecule has 0 unspecified atom stereocenters. The van der Waals surface area contributed by atoms with Crippen molar-refractivity contribution in [3.8, 4) is 0 Å². The highest BCUT2D eigenvalue weighted by Crippen LogP contribution is 2.68. The summed E-state index contributed by atoms with van der Waals surface area (Å²) in [5.41, 5.74) is 1.01. The van der Waals surface area contributed by atoms with Crippen molar-refractivity contribution in [1.82, 2.24) is 0 Å². The molecule has 5 atom stereocenters. The van der Waals surface area contributed by atoms with Crippen LogP contribution in [-0.2, 0) is 9.47 Å². The molecule has 0 amide bonds. The van der Waals surface area contributed by atoms with Gasteiger partial charge in [-0.2, -0.15) is 0 Å². The predicted octanol–water partition coefficient (Wildman–Crippen LogP) is 4.96. The Morgan fingerprint density at radius 3 is 2.45 bits per heavy atom. The first-order valence-electron chi connectivity index (χ1n) is 9.62. The normalized spacial score (nSPS) is 54.0. The van der Waals surface area contributed by atoms with E-state index in [9.17, 15) is 0 Å². The third-order valence-electron chi connectivity index (χ3n) is 8.30. The third kappa shape index (κ3) is 1.86. The quantitative estimate of drug-likeness (QED) is 0.630. The summed E-state index contributed by atoms with van der Waals surface area (Å²) in [4.78, 5) is 0. The molecule has 2 saturated heterocycles. The fourth-order valence-electron chi connectivity index (χ4n) is 7.07. The summed E-state index contributed by atoms with van der Waals surface area (Å²) in [6, 6.07) is 0. The van der Waals surface area contributed by atoms with E-state index in [0.29, 0.717) is 16.7 Å². The Hall–Kier alpha value is -0.0800. The number of fused-ring (bicyclic) bond motifs is 2. The zero-order chi connectivity index (χ0) is 15.6. The molecule has 0 radical (unpaired) electrons. The largest absolute Gasteiger partial charge is 0.378 e. The fraction of sp³-hybridized carbons (Fsp3) is 1.00. The average molecular weight is 306 g/mol. The van der Waals surface area contributed by atoms with Crippen LogP contribution in [0.25, 0.3) is 0 Å². The molecule has 4 fully saturated rings. The molecule has 0 N–H and O–H groups in total. The van der Waals surface area contributed by atoms with Crippen molar-refractivity contribution in [1.29, 1.82) is 0 Å². The molecule has 2 aliphatic carbocycles. The van der Waals surface area contributed by atoms with Crippen LogP contribution in [0.2, 0.25) is 0 Å². The van der Waals surface area contributed by atoms with Crippen molar-refractivity contribution in [2.45, 2.75) is 90.3 Å². The molecule has 4 rings (SSSR count). The zero-order valence-corrected chi connectivity index (χ0v) is 15.0. The van der Waals surface area contributed by atoms with E-state index in [2.05, 4.69) is 27.7 Å². The summed E-state index contributed by atoms with van der Waals surface area (Å²) in [6.45, 7) is 11.8. The van der Waals surface area contributed by atoms with Crippen LogP contribution in [0.4, 0.5) is 0 Å². The van der Waals surface area contributed by atoms with Gasteiger partial charge in [0.1, 0.15) is 0 Å². The van der Waals surface area contributed by atoms with Gasteiger partial charge in [-0.25, -0.2) is 0 Å². The van der Waals surface area contributed by atoms with Crippen molar-refractivity contribution in [2.75, 3.05) is 13.2 Å². The predicted molar refractivity (Wildman–Crippen MR) is 88.8 cm³/mol. The van der Waals surface area contributed by atoms with Gasteiger partial charge in [-0.3, -0.25) is 0 Å². The number of hydrogen-bond donors (Lipinski definition) is 0. The van der Waals surface area contributed by atoms with E-state index in [4.69, 9.17) is 9.47 Å². The summed E-state index contributed by atoms with van der Waals surface area (Å²) < 4.78 is 12.8. The van der Waals surface area contributed by atoms with Gasteiger partial charge < -0.3 is 9.47 Å². The highest BCUT2D eigenvalue weighted by molar-refractivity contribution is 5.16. The van der Waals surface area contributed by atoms with E-state index in [1.54, 1.807) is 0 Å². The lowest BCUT2D eigenvalue weighted by Gasteiger charge is -2.64. The van der Waals surface area contributed by atoms with Crippen molar-refractivity contribution in [3.63, 3.8) is 0 Å². The summed E-state index contributed by atoms with van der Waals surface area (Å²) >= 11 is 0. The highest BCUT2D eigenvalue weighted by atomic mass is 16.6. The summed E-state index contributed by atoms with van der Waals surface area (Å²) in [5, 5.41) is 0. The minimum Gasteiger partial charge on any atom is -0.378 e. The van der Waals surface area contributed by atoms with Crippen LogP contribution in [-0.4, -0.2) is 24.4 Å². The lowest BCUT2D eigenvalue weighted by atomic mass is 9.44. The summed E-state index contributed by atoms with van der Waals surface area (Å²) in [7, 11) is 0. The Kier molecular flexibility index (Phi) is 3.32. The van der Waals surface area contributed by atoms with Gasteiger partial charge in [0, 0.05) is 18.4 Å². The smallest absolute Gasteiger partial charge is 0.0945 e. The molecule has 4 aliphatic rings. The van der Waals surface area contributed by atoms with Gasteiger partial charge in [0.05, 0.1) is 17.8 Å². The second-order valence-corrected chi connectivity index (χ2v) is 9.77. The number of rotatable bonds is 0. The SMILES string of the molecule is C[C@@H]1CC[C@H]2C(C)(C)CCC[C@]2(C)[C@@]12CC[C@]1(CCOC1)O2. The molecule has 2 spiro atoms. The molecule has 2 heteroatoms. The maximum atomic E-state index is 7.09. The average Bonchev–Trinajstić information content (AvgIpc) is 3.05. The standard InChI is InChI=1S/C20H34O2/c1-15-6-7-16-17(2,3)8-5-9-18(16,4)20(15)11-10-19(22-20)12-13-21-14-19/h15-16H,5-14H2,1-4H3/t15-,16+,18+,19-,20-/m1/s1. The Bertz CT molecular complexity index is 451. The van der Waals surface area contributed by atoms with Crippen molar-refractivity contribution < 1.29 is 9.47 Å². The van der Waals surface area contributed by atoms with Crippen molar-refractivity contribution >= 4 is 0 Å². The van der Waals surface area contributed by atoms with Gasteiger partial charge >= 0.3 is 0 Å². The molecule has 2 aliphatic heterocycles. The van der Waals surface area contributed by atoms with Crippen LogP contribution >= 0.6 is 0 Å². The topological polar surface area (TPSA) is 18.5 Å². The molecule has 0 bridgehead atoms. The third-order valence-corrected chi connectivity index (χ3v) is 8.30. The Labute approximate surface area is 136 Å². The summed E-state index contributed by atoms with van der Waals surface area (Å²) in [5.74, 6) is 1.52. The van der Waals surface area contributed by atoms with E-state index in [0.717, 1.165) is 25.6 Å². The van der Waals surface area contributed by atoms with Gasteiger partial charge in [0.25, 0.3) is 0 Å². The minimum absolute atomic E-state index is 0.0563. The molecule has 2 heterocycles. The molecule has 0 aromatic heterocycles. The van der Waals surface area contributed by atoms with Gasteiger partial charge in [-0.05, 0) is 55.8 Å². The zero-order valence-electron chi connectivity index (χ0n) is 15.0. The number of hydrogen-bond acceptors (Lipinski definition) is 2. The first kappa shape index (κ1) is 15.4. The van der Waals surface area contributed by atoms with Gasteiger partial charge in [0.2, 0.25) is 0 Å². The van der Waals surface area contributed by atoms with Crippen LogP contribution in [0.1, 0.15) is 79.1 Å². The van der Waals surface area contributed by atoms with Crippen LogP contribution in [0.5, 0.6) is 0 Å². The fourth-order valence-corrected chi connectivity index (χ4v) is 7.07. The maximum Gasteiger partial charge on any atom is 0.0945 e. The van der Waals surface area contributed by atoms with E-state index in [-0.39, 0.29) is 11.2 Å². The molecule has 126 valence electrons. The molecule has 0 aromatic carbocycles. The molecular weight excluding hydrogens is 272 g/mol.